The molecular formula is C16H25FN2O3. The fourth-order valence-electron chi connectivity index (χ4n) is 1.78. The van der Waals surface area contributed by atoms with E-state index >= 15 is 0 Å². The monoisotopic (exact) mass is 312 g/mol. The van der Waals surface area contributed by atoms with Crippen LogP contribution in [0.2, 0.25) is 0 Å². The number of amides is 1. The molecule has 0 fully saturated rings. The number of benzene rings is 1. The summed E-state index contributed by atoms with van der Waals surface area (Å²) in [6.07, 6.45) is -0.684. The number of hydrogen-bond donors (Lipinski definition) is 2. The molecule has 0 aliphatic heterocycles. The van der Waals surface area contributed by atoms with Gasteiger partial charge >= 0.3 is 6.09 Å². The van der Waals surface area contributed by atoms with E-state index in [0.29, 0.717) is 19.1 Å². The number of hydrogen-bond acceptors (Lipinski definition) is 4. The Bertz CT molecular complexity index is 501. The molecule has 0 spiro atoms. The van der Waals surface area contributed by atoms with E-state index in [1.54, 1.807) is 40.0 Å². The van der Waals surface area contributed by atoms with Crippen LogP contribution in [-0.4, -0.2) is 32.0 Å². The molecular weight excluding hydrogens is 287 g/mol. The third kappa shape index (κ3) is 6.76. The van der Waals surface area contributed by atoms with Crippen LogP contribution in [0.3, 0.4) is 0 Å². The number of carbonyl (C=O) groups excluding carboxylic acids is 1. The first-order valence-electron chi connectivity index (χ1n) is 7.23. The van der Waals surface area contributed by atoms with Crippen molar-refractivity contribution in [3.05, 3.63) is 24.0 Å². The van der Waals surface area contributed by atoms with Gasteiger partial charge < -0.3 is 14.8 Å². The Morgan fingerprint density at radius 2 is 2.05 bits per heavy atom. The van der Waals surface area contributed by atoms with E-state index in [4.69, 9.17) is 9.47 Å². The molecule has 1 amide bonds. The van der Waals surface area contributed by atoms with Gasteiger partial charge in [-0.05, 0) is 44.9 Å². The summed E-state index contributed by atoms with van der Waals surface area (Å²) < 4.78 is 23.9. The first kappa shape index (κ1) is 18.2. The van der Waals surface area contributed by atoms with E-state index in [0.717, 1.165) is 5.69 Å². The molecule has 1 rings (SSSR count). The van der Waals surface area contributed by atoms with Crippen molar-refractivity contribution in [2.45, 2.75) is 33.3 Å². The molecule has 0 radical (unpaired) electrons. The second kappa shape index (κ2) is 7.98. The first-order valence-corrected chi connectivity index (χ1v) is 7.23. The summed E-state index contributed by atoms with van der Waals surface area (Å²) >= 11 is 0. The second-order valence-corrected chi connectivity index (χ2v) is 6.26. The van der Waals surface area contributed by atoms with Crippen molar-refractivity contribution >= 4 is 17.5 Å². The average Bonchev–Trinajstić information content (AvgIpc) is 2.38. The van der Waals surface area contributed by atoms with Gasteiger partial charge in [-0.1, -0.05) is 6.92 Å². The molecule has 1 unspecified atom stereocenters. The van der Waals surface area contributed by atoms with Crippen molar-refractivity contribution in [2.75, 3.05) is 30.9 Å². The molecule has 0 aliphatic rings. The fourth-order valence-corrected chi connectivity index (χ4v) is 1.78. The van der Waals surface area contributed by atoms with Crippen molar-refractivity contribution in [2.24, 2.45) is 5.92 Å². The van der Waals surface area contributed by atoms with Gasteiger partial charge in [0, 0.05) is 19.3 Å². The maximum absolute atomic E-state index is 13.8. The molecule has 5 nitrogen and oxygen atoms in total. The highest BCUT2D eigenvalue weighted by atomic mass is 19.1. The van der Waals surface area contributed by atoms with Crippen molar-refractivity contribution in [1.29, 1.82) is 0 Å². The minimum atomic E-state index is -0.684. The van der Waals surface area contributed by atoms with Gasteiger partial charge in [0.1, 0.15) is 11.4 Å². The second-order valence-electron chi connectivity index (χ2n) is 6.26. The summed E-state index contributed by atoms with van der Waals surface area (Å²) in [5.41, 5.74) is 0.167. The topological polar surface area (TPSA) is 59.6 Å². The number of methoxy groups -OCH3 is 1. The minimum absolute atomic E-state index is 0.0821. The molecule has 6 heteroatoms. The summed E-state index contributed by atoms with van der Waals surface area (Å²) in [5, 5.41) is 5.60. The predicted octanol–water partition coefficient (Wildman–Crippen LogP) is 3.87. The molecule has 0 saturated heterocycles. The number of rotatable bonds is 6. The average molecular weight is 312 g/mol. The molecule has 0 heterocycles. The summed E-state index contributed by atoms with van der Waals surface area (Å²) in [7, 11) is 1.65. The number of ether oxygens (including phenoxy) is 2. The van der Waals surface area contributed by atoms with E-state index < -0.39 is 17.5 Å². The maximum atomic E-state index is 13.8. The highest BCUT2D eigenvalue weighted by Gasteiger charge is 2.17. The van der Waals surface area contributed by atoms with Crippen LogP contribution in [0, 0.1) is 11.7 Å². The van der Waals surface area contributed by atoms with Crippen LogP contribution in [0.1, 0.15) is 27.7 Å². The zero-order valence-corrected chi connectivity index (χ0v) is 13.8. The molecule has 1 aromatic carbocycles. The molecule has 22 heavy (non-hydrogen) atoms. The number of anilines is 2. The quantitative estimate of drug-likeness (QED) is 0.837. The molecule has 0 saturated carbocycles. The molecule has 0 aromatic heterocycles. The lowest BCUT2D eigenvalue weighted by Gasteiger charge is -2.20. The van der Waals surface area contributed by atoms with Gasteiger partial charge in [-0.3, -0.25) is 5.32 Å². The Morgan fingerprint density at radius 1 is 1.36 bits per heavy atom. The van der Waals surface area contributed by atoms with Crippen LogP contribution < -0.4 is 10.6 Å². The Morgan fingerprint density at radius 3 is 2.64 bits per heavy atom. The third-order valence-corrected chi connectivity index (χ3v) is 2.71. The molecule has 0 aliphatic carbocycles. The van der Waals surface area contributed by atoms with E-state index in [1.807, 2.05) is 6.92 Å². The number of halogens is 1. The summed E-state index contributed by atoms with van der Waals surface area (Å²) in [4.78, 5) is 11.7. The zero-order chi connectivity index (χ0) is 16.8. The van der Waals surface area contributed by atoms with E-state index in [-0.39, 0.29) is 5.69 Å². The van der Waals surface area contributed by atoms with Gasteiger partial charge in [0.25, 0.3) is 0 Å². The largest absolute Gasteiger partial charge is 0.444 e. The normalized spacial score (nSPS) is 12.6. The first-order chi connectivity index (χ1) is 10.2. The minimum Gasteiger partial charge on any atom is -0.444 e. The maximum Gasteiger partial charge on any atom is 0.412 e. The molecule has 1 atom stereocenters. The highest BCUT2D eigenvalue weighted by molar-refractivity contribution is 5.85. The van der Waals surface area contributed by atoms with Gasteiger partial charge in [0.15, 0.2) is 0 Å². The Hall–Kier alpha value is -1.82. The lowest BCUT2D eigenvalue weighted by Crippen LogP contribution is -2.27. The van der Waals surface area contributed by atoms with Crippen molar-refractivity contribution in [3.63, 3.8) is 0 Å². The third-order valence-electron chi connectivity index (χ3n) is 2.71. The SMILES string of the molecule is COCC(C)CNc1ccc(F)c(NC(=O)OC(C)(C)C)c1. The predicted molar refractivity (Wildman–Crippen MR) is 85.8 cm³/mol. The van der Waals surface area contributed by atoms with Crippen LogP contribution in [-0.2, 0) is 9.47 Å². The van der Waals surface area contributed by atoms with E-state index in [2.05, 4.69) is 10.6 Å². The lowest BCUT2D eigenvalue weighted by atomic mass is 10.2. The van der Waals surface area contributed by atoms with Crippen molar-refractivity contribution in [1.82, 2.24) is 0 Å². The van der Waals surface area contributed by atoms with Gasteiger partial charge in [-0.2, -0.15) is 0 Å². The zero-order valence-electron chi connectivity index (χ0n) is 13.8. The Labute approximate surface area is 131 Å². The molecule has 124 valence electrons. The molecule has 2 N–H and O–H groups in total. The van der Waals surface area contributed by atoms with Crippen molar-refractivity contribution in [3.8, 4) is 0 Å². The summed E-state index contributed by atoms with van der Waals surface area (Å²) in [5.74, 6) is -0.196. The van der Waals surface area contributed by atoms with Gasteiger partial charge in [-0.15, -0.1) is 0 Å². The van der Waals surface area contributed by atoms with Crippen LogP contribution >= 0.6 is 0 Å². The Kier molecular flexibility index (Phi) is 6.61. The molecule has 0 bridgehead atoms. The Balaban J connectivity index is 2.67. The highest BCUT2D eigenvalue weighted by Crippen LogP contribution is 2.21. The van der Waals surface area contributed by atoms with Crippen LogP contribution in [0.4, 0.5) is 20.6 Å². The van der Waals surface area contributed by atoms with E-state index in [1.165, 1.54) is 6.07 Å². The standard InChI is InChI=1S/C16H25FN2O3/c1-11(10-21-5)9-18-12-6-7-13(17)14(8-12)19-15(20)22-16(2,3)4/h6-8,11,18H,9-10H2,1-5H3,(H,19,20). The summed E-state index contributed by atoms with van der Waals surface area (Å²) in [6.45, 7) is 8.61. The van der Waals surface area contributed by atoms with Crippen molar-refractivity contribution < 1.29 is 18.7 Å². The molecule has 1 aromatic rings. The number of carbonyl (C=O) groups is 1. The number of nitrogens with one attached hydrogen (secondary N) is 2. The summed E-state index contributed by atoms with van der Waals surface area (Å²) in [6, 6.07) is 4.46. The van der Waals surface area contributed by atoms with E-state index in [9.17, 15) is 9.18 Å². The van der Waals surface area contributed by atoms with Crippen LogP contribution in [0.5, 0.6) is 0 Å². The van der Waals surface area contributed by atoms with Crippen LogP contribution in [0.25, 0.3) is 0 Å². The van der Waals surface area contributed by atoms with Gasteiger partial charge in [-0.25, -0.2) is 9.18 Å². The van der Waals surface area contributed by atoms with Gasteiger partial charge in [0.05, 0.1) is 12.3 Å². The smallest absolute Gasteiger partial charge is 0.412 e. The van der Waals surface area contributed by atoms with Crippen LogP contribution in [0.15, 0.2) is 18.2 Å². The fraction of sp³-hybridized carbons (Fsp3) is 0.562. The van der Waals surface area contributed by atoms with Gasteiger partial charge in [0.2, 0.25) is 0 Å². The lowest BCUT2D eigenvalue weighted by molar-refractivity contribution is 0.0635.